The van der Waals surface area contributed by atoms with Crippen molar-refractivity contribution in [2.24, 2.45) is 0 Å². The Morgan fingerprint density at radius 2 is 1.79 bits per heavy atom. The Labute approximate surface area is 175 Å². The number of carbonyl (C=O) groups is 1. The largest absolute Gasteiger partial charge is 0.381 e. The van der Waals surface area contributed by atoms with Gasteiger partial charge in [0.15, 0.2) is 0 Å². The fraction of sp³-hybridized carbons (Fsp3) is 0.304. The van der Waals surface area contributed by atoms with Crippen LogP contribution >= 0.6 is 11.6 Å². The molecule has 0 unspecified atom stereocenters. The number of ether oxygens (including phenoxy) is 1. The smallest absolute Gasteiger partial charge is 0.227 e. The minimum absolute atomic E-state index is 0.127. The second-order valence-corrected chi connectivity index (χ2v) is 7.72. The molecule has 0 radical (unpaired) electrons. The molecule has 2 heterocycles. The van der Waals surface area contributed by atoms with Gasteiger partial charge in [0, 0.05) is 42.5 Å². The van der Waals surface area contributed by atoms with Crippen LogP contribution in [0.1, 0.15) is 18.4 Å². The summed E-state index contributed by atoms with van der Waals surface area (Å²) in [6, 6.07) is 17.5. The molecule has 0 spiro atoms. The van der Waals surface area contributed by atoms with Crippen molar-refractivity contribution < 1.29 is 9.53 Å². The van der Waals surface area contributed by atoms with Gasteiger partial charge in [0.25, 0.3) is 0 Å². The third-order valence-corrected chi connectivity index (χ3v) is 5.65. The van der Waals surface area contributed by atoms with E-state index in [1.54, 1.807) is 7.11 Å². The van der Waals surface area contributed by atoms with E-state index in [4.69, 9.17) is 21.4 Å². The van der Waals surface area contributed by atoms with E-state index < -0.39 is 0 Å². The Morgan fingerprint density at radius 1 is 1.10 bits per heavy atom. The van der Waals surface area contributed by atoms with E-state index in [1.165, 1.54) is 0 Å². The van der Waals surface area contributed by atoms with Gasteiger partial charge in [-0.05, 0) is 37.1 Å². The van der Waals surface area contributed by atoms with Gasteiger partial charge in [0.1, 0.15) is 0 Å². The molecule has 150 valence electrons. The van der Waals surface area contributed by atoms with Crippen molar-refractivity contribution in [2.75, 3.05) is 20.2 Å². The highest BCUT2D eigenvalue weighted by Crippen LogP contribution is 2.26. The lowest BCUT2D eigenvalue weighted by atomic mass is 10.0. The summed E-state index contributed by atoms with van der Waals surface area (Å²) in [5, 5.41) is 5.46. The van der Waals surface area contributed by atoms with Crippen LogP contribution in [0.3, 0.4) is 0 Å². The average Bonchev–Trinajstić information content (AvgIpc) is 3.18. The molecule has 0 aliphatic carbocycles. The number of para-hydroxylation sites is 1. The van der Waals surface area contributed by atoms with Crippen LogP contribution in [0.15, 0.2) is 60.8 Å². The summed E-state index contributed by atoms with van der Waals surface area (Å²) in [6.07, 6.45) is 4.30. The number of hydrogen-bond acceptors (Lipinski definition) is 3. The minimum atomic E-state index is 0.127. The molecule has 29 heavy (non-hydrogen) atoms. The lowest BCUT2D eigenvalue weighted by Gasteiger charge is -2.31. The molecular formula is C23H24ClN3O2. The topological polar surface area (TPSA) is 47.4 Å². The summed E-state index contributed by atoms with van der Waals surface area (Å²) >= 11 is 6.05. The molecule has 5 nitrogen and oxygen atoms in total. The van der Waals surface area contributed by atoms with Gasteiger partial charge in [-0.2, -0.15) is 5.10 Å². The highest BCUT2D eigenvalue weighted by atomic mass is 35.5. The van der Waals surface area contributed by atoms with E-state index in [9.17, 15) is 4.79 Å². The quantitative estimate of drug-likeness (QED) is 0.628. The number of hydrogen-bond donors (Lipinski definition) is 0. The van der Waals surface area contributed by atoms with E-state index in [0.717, 1.165) is 48.4 Å². The van der Waals surface area contributed by atoms with E-state index in [1.807, 2.05) is 70.4 Å². The molecule has 1 fully saturated rings. The molecule has 4 rings (SSSR count). The zero-order valence-electron chi connectivity index (χ0n) is 16.4. The molecule has 0 saturated carbocycles. The maximum atomic E-state index is 13.0. The molecule has 3 aromatic rings. The SMILES string of the molecule is COC1CCN(C(=O)Cc2cn(-c3ccccc3)nc2-c2ccc(Cl)cc2)CC1. The summed E-state index contributed by atoms with van der Waals surface area (Å²) in [7, 11) is 1.73. The zero-order valence-corrected chi connectivity index (χ0v) is 17.2. The van der Waals surface area contributed by atoms with Crippen LogP contribution in [-0.2, 0) is 16.0 Å². The van der Waals surface area contributed by atoms with Gasteiger partial charge in [-0.25, -0.2) is 4.68 Å². The summed E-state index contributed by atoms with van der Waals surface area (Å²) in [4.78, 5) is 14.9. The van der Waals surface area contributed by atoms with E-state index in [-0.39, 0.29) is 12.0 Å². The number of amides is 1. The molecular weight excluding hydrogens is 386 g/mol. The highest BCUT2D eigenvalue weighted by Gasteiger charge is 2.24. The lowest BCUT2D eigenvalue weighted by Crippen LogP contribution is -2.41. The fourth-order valence-corrected chi connectivity index (χ4v) is 3.84. The van der Waals surface area contributed by atoms with Gasteiger partial charge in [-0.15, -0.1) is 0 Å². The number of halogens is 1. The van der Waals surface area contributed by atoms with E-state index >= 15 is 0 Å². The van der Waals surface area contributed by atoms with Crippen molar-refractivity contribution in [1.82, 2.24) is 14.7 Å². The standard InChI is InChI=1S/C23H24ClN3O2/c1-29-21-11-13-26(14-12-21)22(28)15-18-16-27(20-5-3-2-4-6-20)25-23(18)17-7-9-19(24)10-8-17/h2-10,16,21H,11-15H2,1H3. The number of aromatic nitrogens is 2. The first-order chi connectivity index (χ1) is 14.1. The second kappa shape index (κ2) is 8.80. The molecule has 1 aliphatic heterocycles. The molecule has 1 saturated heterocycles. The van der Waals surface area contributed by atoms with Crippen LogP contribution in [-0.4, -0.2) is 46.9 Å². The summed E-state index contributed by atoms with van der Waals surface area (Å²) in [5.74, 6) is 0.127. The minimum Gasteiger partial charge on any atom is -0.381 e. The van der Waals surface area contributed by atoms with E-state index in [2.05, 4.69) is 0 Å². The Kier molecular flexibility index (Phi) is 5.97. The third kappa shape index (κ3) is 4.52. The molecule has 1 aliphatic rings. The molecule has 0 bridgehead atoms. The van der Waals surface area contributed by atoms with Crippen LogP contribution in [0.4, 0.5) is 0 Å². The molecule has 2 aromatic carbocycles. The first-order valence-electron chi connectivity index (χ1n) is 9.84. The molecule has 0 atom stereocenters. The third-order valence-electron chi connectivity index (χ3n) is 5.40. The van der Waals surface area contributed by atoms with Gasteiger partial charge in [0.05, 0.1) is 23.9 Å². The van der Waals surface area contributed by atoms with Crippen molar-refractivity contribution >= 4 is 17.5 Å². The monoisotopic (exact) mass is 409 g/mol. The predicted octanol–water partition coefficient (Wildman–Crippen LogP) is 4.37. The van der Waals surface area contributed by atoms with Crippen molar-refractivity contribution in [1.29, 1.82) is 0 Å². The second-order valence-electron chi connectivity index (χ2n) is 7.28. The number of likely N-dealkylation sites (tertiary alicyclic amines) is 1. The maximum Gasteiger partial charge on any atom is 0.227 e. The molecule has 1 amide bonds. The van der Waals surface area contributed by atoms with Crippen molar-refractivity contribution in [3.8, 4) is 16.9 Å². The normalized spacial score (nSPS) is 14.9. The Bertz CT molecular complexity index is 962. The number of piperidine rings is 1. The van der Waals surface area contributed by atoms with Crippen LogP contribution in [0, 0.1) is 0 Å². The van der Waals surface area contributed by atoms with Crippen molar-refractivity contribution in [3.63, 3.8) is 0 Å². The summed E-state index contributed by atoms with van der Waals surface area (Å²) in [6.45, 7) is 1.47. The molecule has 0 N–H and O–H groups in total. The first-order valence-corrected chi connectivity index (χ1v) is 10.2. The Morgan fingerprint density at radius 3 is 2.45 bits per heavy atom. The Hall–Kier alpha value is -2.63. The van der Waals surface area contributed by atoms with Gasteiger partial charge in [-0.1, -0.05) is 41.9 Å². The summed E-state index contributed by atoms with van der Waals surface area (Å²) in [5.41, 5.74) is 3.63. The van der Waals surface area contributed by atoms with Crippen LogP contribution in [0.2, 0.25) is 5.02 Å². The van der Waals surface area contributed by atoms with Gasteiger partial charge < -0.3 is 9.64 Å². The lowest BCUT2D eigenvalue weighted by molar-refractivity contribution is -0.132. The number of rotatable bonds is 5. The Balaban J connectivity index is 1.61. The predicted molar refractivity (Wildman–Crippen MR) is 114 cm³/mol. The number of carbonyl (C=O) groups excluding carboxylic acids is 1. The van der Waals surface area contributed by atoms with Crippen LogP contribution in [0.25, 0.3) is 16.9 Å². The van der Waals surface area contributed by atoms with Gasteiger partial charge in [-0.3, -0.25) is 4.79 Å². The average molecular weight is 410 g/mol. The molecule has 1 aromatic heterocycles. The van der Waals surface area contributed by atoms with Crippen molar-refractivity contribution in [3.05, 3.63) is 71.4 Å². The number of methoxy groups -OCH3 is 1. The van der Waals surface area contributed by atoms with Gasteiger partial charge in [0.2, 0.25) is 5.91 Å². The van der Waals surface area contributed by atoms with Gasteiger partial charge >= 0.3 is 0 Å². The number of nitrogens with zero attached hydrogens (tertiary/aromatic N) is 3. The fourth-order valence-electron chi connectivity index (χ4n) is 3.72. The van der Waals surface area contributed by atoms with Crippen LogP contribution < -0.4 is 0 Å². The summed E-state index contributed by atoms with van der Waals surface area (Å²) < 4.78 is 7.25. The maximum absolute atomic E-state index is 13.0. The number of benzene rings is 2. The highest BCUT2D eigenvalue weighted by molar-refractivity contribution is 6.30. The van der Waals surface area contributed by atoms with Crippen LogP contribution in [0.5, 0.6) is 0 Å². The van der Waals surface area contributed by atoms with Crippen molar-refractivity contribution in [2.45, 2.75) is 25.4 Å². The molecule has 6 heteroatoms. The first kappa shape index (κ1) is 19.7. The van der Waals surface area contributed by atoms with E-state index in [0.29, 0.717) is 11.4 Å². The zero-order chi connectivity index (χ0) is 20.2.